The summed E-state index contributed by atoms with van der Waals surface area (Å²) in [5.74, 6) is 0.0915. The van der Waals surface area contributed by atoms with Crippen LogP contribution in [0, 0.1) is 0 Å². The Morgan fingerprint density at radius 1 is 1.09 bits per heavy atom. The highest BCUT2D eigenvalue weighted by Crippen LogP contribution is 2.14. The van der Waals surface area contributed by atoms with Crippen molar-refractivity contribution in [2.75, 3.05) is 13.1 Å². The van der Waals surface area contributed by atoms with Crippen LogP contribution in [0.15, 0.2) is 36.7 Å². The molecule has 0 aliphatic carbocycles. The van der Waals surface area contributed by atoms with Gasteiger partial charge in [-0.3, -0.25) is 9.59 Å². The zero-order chi connectivity index (χ0) is 16.1. The fraction of sp³-hybridized carbons (Fsp3) is 0.389. The number of carbonyl (C=O) groups is 2. The SMILES string of the molecule is O=C(CCC(=O)N1CCCc2[nH]cnc2CC1)c1ccccc1. The van der Waals surface area contributed by atoms with E-state index in [-0.39, 0.29) is 24.5 Å². The van der Waals surface area contributed by atoms with Crippen LogP contribution >= 0.6 is 0 Å². The molecular weight excluding hydrogens is 290 g/mol. The maximum Gasteiger partial charge on any atom is 0.223 e. The molecule has 0 unspecified atom stereocenters. The number of hydrogen-bond donors (Lipinski definition) is 1. The topological polar surface area (TPSA) is 66.1 Å². The number of aromatic nitrogens is 2. The predicted octanol–water partition coefficient (Wildman–Crippen LogP) is 2.39. The number of aromatic amines is 1. The number of imidazole rings is 1. The van der Waals surface area contributed by atoms with Crippen LogP contribution in [-0.2, 0) is 17.6 Å². The number of rotatable bonds is 4. The van der Waals surface area contributed by atoms with E-state index in [1.54, 1.807) is 18.5 Å². The van der Waals surface area contributed by atoms with Crippen LogP contribution < -0.4 is 0 Å². The van der Waals surface area contributed by atoms with Crippen molar-refractivity contribution in [2.24, 2.45) is 0 Å². The summed E-state index contributed by atoms with van der Waals surface area (Å²) in [7, 11) is 0. The second kappa shape index (κ2) is 7.22. The van der Waals surface area contributed by atoms with Crippen molar-refractivity contribution in [3.05, 3.63) is 53.6 Å². The number of ketones is 1. The summed E-state index contributed by atoms with van der Waals surface area (Å²) in [4.78, 5) is 33.9. The molecule has 0 atom stereocenters. The smallest absolute Gasteiger partial charge is 0.223 e. The average molecular weight is 311 g/mol. The van der Waals surface area contributed by atoms with Crippen molar-refractivity contribution in [1.82, 2.24) is 14.9 Å². The molecule has 1 aromatic heterocycles. The van der Waals surface area contributed by atoms with Gasteiger partial charge < -0.3 is 9.88 Å². The van der Waals surface area contributed by atoms with Crippen molar-refractivity contribution >= 4 is 11.7 Å². The van der Waals surface area contributed by atoms with E-state index in [0.717, 1.165) is 31.5 Å². The van der Waals surface area contributed by atoms with E-state index in [1.807, 2.05) is 23.1 Å². The van der Waals surface area contributed by atoms with Gasteiger partial charge in [0.05, 0.1) is 12.0 Å². The highest BCUT2D eigenvalue weighted by molar-refractivity contribution is 5.97. The Morgan fingerprint density at radius 3 is 2.74 bits per heavy atom. The third-order valence-corrected chi connectivity index (χ3v) is 4.30. The van der Waals surface area contributed by atoms with Gasteiger partial charge in [-0.05, 0) is 12.8 Å². The first-order chi connectivity index (χ1) is 11.2. The number of carbonyl (C=O) groups excluding carboxylic acids is 2. The third-order valence-electron chi connectivity index (χ3n) is 4.30. The quantitative estimate of drug-likeness (QED) is 0.882. The maximum atomic E-state index is 12.4. The van der Waals surface area contributed by atoms with Crippen LogP contribution in [0.1, 0.15) is 41.0 Å². The first-order valence-corrected chi connectivity index (χ1v) is 8.11. The summed E-state index contributed by atoms with van der Waals surface area (Å²) in [6.07, 6.45) is 4.89. The van der Waals surface area contributed by atoms with Gasteiger partial charge in [-0.25, -0.2) is 4.98 Å². The van der Waals surface area contributed by atoms with Crippen molar-refractivity contribution < 1.29 is 9.59 Å². The van der Waals surface area contributed by atoms with Crippen LogP contribution in [-0.4, -0.2) is 39.6 Å². The highest BCUT2D eigenvalue weighted by atomic mass is 16.2. The molecule has 23 heavy (non-hydrogen) atoms. The van der Waals surface area contributed by atoms with Crippen LogP contribution in [0.25, 0.3) is 0 Å². The van der Waals surface area contributed by atoms with Crippen LogP contribution in [0.5, 0.6) is 0 Å². The van der Waals surface area contributed by atoms with Gasteiger partial charge in [0, 0.05) is 43.6 Å². The van der Waals surface area contributed by atoms with E-state index in [0.29, 0.717) is 12.1 Å². The van der Waals surface area contributed by atoms with Crippen molar-refractivity contribution in [1.29, 1.82) is 0 Å². The minimum absolute atomic E-state index is 0.0283. The van der Waals surface area contributed by atoms with Gasteiger partial charge in [-0.15, -0.1) is 0 Å². The molecule has 3 rings (SSSR count). The lowest BCUT2D eigenvalue weighted by atomic mass is 10.1. The number of aryl methyl sites for hydroxylation is 1. The lowest BCUT2D eigenvalue weighted by Gasteiger charge is -2.24. The molecule has 2 aromatic rings. The van der Waals surface area contributed by atoms with Crippen molar-refractivity contribution in [2.45, 2.75) is 32.1 Å². The van der Waals surface area contributed by atoms with E-state index in [2.05, 4.69) is 9.97 Å². The van der Waals surface area contributed by atoms with Gasteiger partial charge in [0.1, 0.15) is 0 Å². The number of hydrogen-bond acceptors (Lipinski definition) is 3. The lowest BCUT2D eigenvalue weighted by molar-refractivity contribution is -0.131. The first kappa shape index (κ1) is 15.5. The van der Waals surface area contributed by atoms with Gasteiger partial charge in [0.25, 0.3) is 0 Å². The normalized spacial score (nSPS) is 14.7. The molecule has 0 fully saturated rings. The Bertz CT molecular complexity index is 679. The highest BCUT2D eigenvalue weighted by Gasteiger charge is 2.19. The standard InChI is InChI=1S/C18H21N3O2/c22-17(14-5-2-1-3-6-14)8-9-18(23)21-11-4-7-15-16(10-12-21)20-13-19-15/h1-3,5-6,13H,4,7-12H2,(H,19,20). The first-order valence-electron chi connectivity index (χ1n) is 8.11. The van der Waals surface area contributed by atoms with Crippen LogP contribution in [0.2, 0.25) is 0 Å². The zero-order valence-corrected chi connectivity index (χ0v) is 13.1. The second-order valence-electron chi connectivity index (χ2n) is 5.85. The Kier molecular flexibility index (Phi) is 4.86. The molecule has 120 valence electrons. The van der Waals surface area contributed by atoms with Crippen LogP contribution in [0.3, 0.4) is 0 Å². The summed E-state index contributed by atoms with van der Waals surface area (Å²) >= 11 is 0. The molecule has 2 heterocycles. The molecule has 1 aliphatic rings. The molecule has 0 bridgehead atoms. The summed E-state index contributed by atoms with van der Waals surface area (Å²) in [6.45, 7) is 1.42. The van der Waals surface area contributed by atoms with E-state index in [9.17, 15) is 9.59 Å². The summed E-state index contributed by atoms with van der Waals surface area (Å²) < 4.78 is 0. The molecule has 0 radical (unpaired) electrons. The van der Waals surface area contributed by atoms with Gasteiger partial charge in [0.2, 0.25) is 5.91 Å². The molecule has 1 aromatic carbocycles. The monoisotopic (exact) mass is 311 g/mol. The second-order valence-corrected chi connectivity index (χ2v) is 5.85. The van der Waals surface area contributed by atoms with E-state index in [1.165, 1.54) is 5.69 Å². The number of nitrogens with zero attached hydrogens (tertiary/aromatic N) is 2. The van der Waals surface area contributed by atoms with Gasteiger partial charge in [-0.1, -0.05) is 30.3 Å². The summed E-state index contributed by atoms with van der Waals surface area (Å²) in [6, 6.07) is 9.15. The molecule has 5 heteroatoms. The predicted molar refractivity (Wildman–Crippen MR) is 87.2 cm³/mol. The molecule has 0 saturated carbocycles. The minimum Gasteiger partial charge on any atom is -0.348 e. The molecule has 1 aliphatic heterocycles. The number of fused-ring (bicyclic) bond motifs is 1. The molecule has 1 N–H and O–H groups in total. The number of amides is 1. The zero-order valence-electron chi connectivity index (χ0n) is 13.1. The van der Waals surface area contributed by atoms with E-state index < -0.39 is 0 Å². The lowest BCUT2D eigenvalue weighted by Crippen LogP contribution is -2.35. The number of nitrogens with one attached hydrogen (secondary N) is 1. The van der Waals surface area contributed by atoms with Crippen molar-refractivity contribution in [3.8, 4) is 0 Å². The van der Waals surface area contributed by atoms with E-state index in [4.69, 9.17) is 0 Å². The Morgan fingerprint density at radius 2 is 1.91 bits per heavy atom. The summed E-state index contributed by atoms with van der Waals surface area (Å²) in [5, 5.41) is 0. The Hall–Kier alpha value is -2.43. The molecule has 0 spiro atoms. The van der Waals surface area contributed by atoms with E-state index >= 15 is 0 Å². The fourth-order valence-corrected chi connectivity index (χ4v) is 2.98. The van der Waals surface area contributed by atoms with Gasteiger partial charge in [-0.2, -0.15) is 0 Å². The van der Waals surface area contributed by atoms with Crippen LogP contribution in [0.4, 0.5) is 0 Å². The Balaban J connectivity index is 1.53. The molecule has 0 saturated heterocycles. The number of benzene rings is 1. The fourth-order valence-electron chi connectivity index (χ4n) is 2.98. The van der Waals surface area contributed by atoms with Gasteiger partial charge >= 0.3 is 0 Å². The molecule has 5 nitrogen and oxygen atoms in total. The minimum atomic E-state index is 0.0283. The molecular formula is C18H21N3O2. The van der Waals surface area contributed by atoms with Gasteiger partial charge in [0.15, 0.2) is 5.78 Å². The Labute approximate surface area is 135 Å². The average Bonchev–Trinajstić information content (AvgIpc) is 2.99. The maximum absolute atomic E-state index is 12.4. The summed E-state index contributed by atoms with van der Waals surface area (Å²) in [5.41, 5.74) is 2.92. The molecule has 1 amide bonds. The van der Waals surface area contributed by atoms with Crippen molar-refractivity contribution in [3.63, 3.8) is 0 Å². The number of Topliss-reactive ketones (excluding diaryl/α,β-unsaturated/α-hetero) is 1. The number of H-pyrrole nitrogens is 1. The largest absolute Gasteiger partial charge is 0.348 e. The third kappa shape index (κ3) is 3.86.